The number of nitrogens with one attached hydrogen (secondary N) is 1. The summed E-state index contributed by atoms with van der Waals surface area (Å²) in [6.07, 6.45) is 3.70. The van der Waals surface area contributed by atoms with E-state index in [1.54, 1.807) is 23.0 Å². The van der Waals surface area contributed by atoms with E-state index in [1.165, 1.54) is 6.07 Å². The Hall–Kier alpha value is -1.64. The topological polar surface area (TPSA) is 73.0 Å². The second kappa shape index (κ2) is 6.00. The van der Waals surface area contributed by atoms with E-state index in [9.17, 15) is 10.1 Å². The van der Waals surface area contributed by atoms with Crippen molar-refractivity contribution in [3.63, 3.8) is 0 Å². The number of hydrogen-bond acceptors (Lipinski definition) is 4. The second-order valence-corrected chi connectivity index (χ2v) is 5.24. The van der Waals surface area contributed by atoms with Gasteiger partial charge in [-0.25, -0.2) is 0 Å². The molecule has 0 unspecified atom stereocenters. The monoisotopic (exact) mass is 372 g/mol. The minimum atomic E-state index is -0.376. The maximum absolute atomic E-state index is 10.9. The Morgan fingerprint density at radius 3 is 2.89 bits per heavy atom. The summed E-state index contributed by atoms with van der Waals surface area (Å²) in [5.41, 5.74) is 1.62. The van der Waals surface area contributed by atoms with E-state index in [0.29, 0.717) is 18.8 Å². The fourth-order valence-corrected chi connectivity index (χ4v) is 2.23. The highest BCUT2D eigenvalue weighted by molar-refractivity contribution is 14.1. The van der Waals surface area contributed by atoms with Gasteiger partial charge in [0, 0.05) is 18.8 Å². The predicted molar refractivity (Wildman–Crippen MR) is 81.3 cm³/mol. The zero-order valence-electron chi connectivity index (χ0n) is 10.3. The van der Waals surface area contributed by atoms with E-state index in [1.807, 2.05) is 13.1 Å². The number of aromatic nitrogens is 2. The molecule has 0 aliphatic rings. The molecule has 0 aliphatic heterocycles. The van der Waals surface area contributed by atoms with Crippen LogP contribution in [0, 0.1) is 13.7 Å². The third kappa shape index (κ3) is 3.43. The highest BCUT2D eigenvalue weighted by Crippen LogP contribution is 2.25. The smallest absolute Gasteiger partial charge is 0.292 e. The van der Waals surface area contributed by atoms with Crippen LogP contribution < -0.4 is 5.32 Å². The zero-order chi connectivity index (χ0) is 13.8. The summed E-state index contributed by atoms with van der Waals surface area (Å²) in [5, 5.41) is 18.1. The Morgan fingerprint density at radius 1 is 1.53 bits per heavy atom. The van der Waals surface area contributed by atoms with Crippen LogP contribution in [0.2, 0.25) is 0 Å². The number of nitrogens with zero attached hydrogens (tertiary/aromatic N) is 3. The second-order valence-electron chi connectivity index (χ2n) is 4.00. The van der Waals surface area contributed by atoms with Crippen LogP contribution in [-0.4, -0.2) is 21.2 Å². The highest BCUT2D eigenvalue weighted by atomic mass is 127. The third-order valence-corrected chi connectivity index (χ3v) is 3.13. The first-order valence-electron chi connectivity index (χ1n) is 5.79. The summed E-state index contributed by atoms with van der Waals surface area (Å²) in [5.74, 6) is 0. The summed E-state index contributed by atoms with van der Waals surface area (Å²) in [6, 6.07) is 5.09. The molecule has 2 rings (SSSR count). The van der Waals surface area contributed by atoms with Crippen molar-refractivity contribution in [2.24, 2.45) is 0 Å². The van der Waals surface area contributed by atoms with Gasteiger partial charge in [-0.15, -0.1) is 0 Å². The molecule has 0 aliphatic carbocycles. The van der Waals surface area contributed by atoms with Crippen LogP contribution in [0.1, 0.15) is 12.5 Å². The van der Waals surface area contributed by atoms with Gasteiger partial charge in [0.1, 0.15) is 5.69 Å². The number of nitro benzene ring substituents is 1. The number of halogens is 1. The van der Waals surface area contributed by atoms with Gasteiger partial charge in [0.2, 0.25) is 0 Å². The zero-order valence-corrected chi connectivity index (χ0v) is 12.5. The van der Waals surface area contributed by atoms with Crippen LogP contribution in [0.25, 0.3) is 0 Å². The molecule has 0 radical (unpaired) electrons. The van der Waals surface area contributed by atoms with Crippen molar-refractivity contribution in [1.82, 2.24) is 9.78 Å². The molecule has 0 spiro atoms. The van der Waals surface area contributed by atoms with Crippen molar-refractivity contribution in [2.45, 2.75) is 13.5 Å². The molecule has 100 valence electrons. The Morgan fingerprint density at radius 2 is 2.32 bits per heavy atom. The summed E-state index contributed by atoms with van der Waals surface area (Å²) in [7, 11) is 0. The predicted octanol–water partition coefficient (Wildman–Crippen LogP) is 2.88. The minimum absolute atomic E-state index is 0.0978. The van der Waals surface area contributed by atoms with Gasteiger partial charge in [0.15, 0.2) is 0 Å². The molecule has 0 bridgehead atoms. The molecule has 1 heterocycles. The summed E-state index contributed by atoms with van der Waals surface area (Å²) < 4.78 is 2.87. The van der Waals surface area contributed by atoms with Crippen molar-refractivity contribution in [1.29, 1.82) is 0 Å². The average molecular weight is 372 g/mol. The van der Waals surface area contributed by atoms with Crippen LogP contribution in [0.5, 0.6) is 0 Å². The van der Waals surface area contributed by atoms with Crippen LogP contribution in [0.3, 0.4) is 0 Å². The van der Waals surface area contributed by atoms with Crippen LogP contribution in [0.4, 0.5) is 11.4 Å². The van der Waals surface area contributed by atoms with E-state index in [0.717, 1.165) is 9.13 Å². The quantitative estimate of drug-likeness (QED) is 0.498. The minimum Gasteiger partial charge on any atom is -0.380 e. The first-order valence-corrected chi connectivity index (χ1v) is 6.87. The molecule has 0 amide bonds. The highest BCUT2D eigenvalue weighted by Gasteiger charge is 2.13. The van der Waals surface area contributed by atoms with E-state index >= 15 is 0 Å². The van der Waals surface area contributed by atoms with Crippen LogP contribution >= 0.6 is 22.6 Å². The maximum Gasteiger partial charge on any atom is 0.292 e. The lowest BCUT2D eigenvalue weighted by molar-refractivity contribution is -0.384. The van der Waals surface area contributed by atoms with Gasteiger partial charge in [0.25, 0.3) is 5.69 Å². The molecule has 7 heteroatoms. The molecule has 1 aromatic heterocycles. The lowest BCUT2D eigenvalue weighted by Crippen LogP contribution is -2.04. The first-order chi connectivity index (χ1) is 9.10. The Kier molecular flexibility index (Phi) is 4.35. The number of benzene rings is 1. The maximum atomic E-state index is 10.9. The van der Waals surface area contributed by atoms with E-state index in [4.69, 9.17) is 0 Å². The van der Waals surface area contributed by atoms with Crippen LogP contribution in [-0.2, 0) is 6.54 Å². The Balaban J connectivity index is 2.27. The number of anilines is 1. The molecule has 0 saturated carbocycles. The molecule has 2 aromatic rings. The van der Waals surface area contributed by atoms with E-state index < -0.39 is 0 Å². The van der Waals surface area contributed by atoms with Crippen molar-refractivity contribution >= 4 is 34.0 Å². The third-order valence-electron chi connectivity index (χ3n) is 2.57. The summed E-state index contributed by atoms with van der Waals surface area (Å²) in [6.45, 7) is 3.15. The number of rotatable bonds is 5. The SMILES string of the molecule is CCNc1cc(Cn2cc(I)cn2)ccc1[N+](=O)[O-]. The fourth-order valence-electron chi connectivity index (χ4n) is 1.78. The first kappa shape index (κ1) is 13.8. The molecule has 6 nitrogen and oxygen atoms in total. The van der Waals surface area contributed by atoms with Crippen molar-refractivity contribution in [3.05, 3.63) is 49.8 Å². The average Bonchev–Trinajstić information content (AvgIpc) is 2.75. The molecule has 0 atom stereocenters. The van der Waals surface area contributed by atoms with Gasteiger partial charge in [-0.05, 0) is 41.1 Å². The Labute approximate surface area is 124 Å². The number of nitro groups is 1. The van der Waals surface area contributed by atoms with E-state index in [2.05, 4.69) is 33.0 Å². The Bertz CT molecular complexity index is 597. The lowest BCUT2D eigenvalue weighted by Gasteiger charge is -2.07. The molecular formula is C12H13IN4O2. The van der Waals surface area contributed by atoms with Gasteiger partial charge in [0.05, 0.1) is 21.2 Å². The van der Waals surface area contributed by atoms with Gasteiger partial charge in [-0.2, -0.15) is 5.10 Å². The van der Waals surface area contributed by atoms with Gasteiger partial charge in [-0.3, -0.25) is 14.8 Å². The lowest BCUT2D eigenvalue weighted by atomic mass is 10.1. The van der Waals surface area contributed by atoms with Crippen LogP contribution in [0.15, 0.2) is 30.6 Å². The van der Waals surface area contributed by atoms with Crippen molar-refractivity contribution in [2.75, 3.05) is 11.9 Å². The van der Waals surface area contributed by atoms with Gasteiger partial charge >= 0.3 is 0 Å². The summed E-state index contributed by atoms with van der Waals surface area (Å²) in [4.78, 5) is 10.5. The van der Waals surface area contributed by atoms with E-state index in [-0.39, 0.29) is 10.6 Å². The normalized spacial score (nSPS) is 10.4. The van der Waals surface area contributed by atoms with Crippen molar-refractivity contribution in [3.8, 4) is 0 Å². The van der Waals surface area contributed by atoms with Gasteiger partial charge in [-0.1, -0.05) is 6.07 Å². The molecule has 0 fully saturated rings. The molecular weight excluding hydrogens is 359 g/mol. The van der Waals surface area contributed by atoms with Crippen molar-refractivity contribution < 1.29 is 4.92 Å². The fraction of sp³-hybridized carbons (Fsp3) is 0.250. The molecule has 19 heavy (non-hydrogen) atoms. The molecule has 1 aromatic carbocycles. The molecule has 0 saturated heterocycles. The largest absolute Gasteiger partial charge is 0.380 e. The number of hydrogen-bond donors (Lipinski definition) is 1. The molecule has 1 N–H and O–H groups in total. The van der Waals surface area contributed by atoms with Gasteiger partial charge < -0.3 is 5.32 Å². The standard InChI is InChI=1S/C12H13IN4O2/c1-2-14-11-5-9(3-4-12(11)17(18)19)7-16-8-10(13)6-15-16/h3-6,8,14H,2,7H2,1H3. The summed E-state index contributed by atoms with van der Waals surface area (Å²) >= 11 is 2.19.